The number of rotatable bonds is 5. The van der Waals surface area contributed by atoms with Gasteiger partial charge in [-0.05, 0) is 80.7 Å². The second-order valence-corrected chi connectivity index (χ2v) is 10.2. The topological polar surface area (TPSA) is 77.5 Å². The van der Waals surface area contributed by atoms with E-state index in [-0.39, 0.29) is 53.7 Å². The van der Waals surface area contributed by atoms with Gasteiger partial charge in [0.25, 0.3) is 0 Å². The molecule has 2 heterocycles. The molecule has 5 rings (SSSR count). The molecule has 0 bridgehead atoms. The van der Waals surface area contributed by atoms with E-state index in [0.717, 1.165) is 42.5 Å². The summed E-state index contributed by atoms with van der Waals surface area (Å²) in [5.41, 5.74) is 2.45. The predicted molar refractivity (Wildman–Crippen MR) is 134 cm³/mol. The molecule has 1 aliphatic heterocycles. The third kappa shape index (κ3) is 4.88. The maximum atomic E-state index is 13.6. The van der Waals surface area contributed by atoms with E-state index in [0.29, 0.717) is 12.5 Å². The fourth-order valence-corrected chi connectivity index (χ4v) is 6.69. The highest BCUT2D eigenvalue weighted by atomic mass is 19.1. The van der Waals surface area contributed by atoms with Crippen LogP contribution in [-0.4, -0.2) is 35.8 Å². The molecule has 1 amide bonds. The zero-order valence-corrected chi connectivity index (χ0v) is 20.7. The van der Waals surface area contributed by atoms with Crippen LogP contribution in [0.25, 0.3) is 17.2 Å². The van der Waals surface area contributed by atoms with E-state index < -0.39 is 0 Å². The van der Waals surface area contributed by atoms with Crippen molar-refractivity contribution in [2.45, 2.75) is 51.7 Å². The normalized spacial score (nSPS) is 31.4. The first-order valence-electron chi connectivity index (χ1n) is 13.0. The Hall–Kier alpha value is -3.22. The Bertz CT molecular complexity index is 1130. The number of aromatic nitrogens is 1. The van der Waals surface area contributed by atoms with Crippen molar-refractivity contribution in [3.8, 4) is 11.1 Å². The Morgan fingerprint density at radius 1 is 1.22 bits per heavy atom. The first-order chi connectivity index (χ1) is 17.4. The van der Waals surface area contributed by atoms with Gasteiger partial charge in [-0.3, -0.25) is 9.78 Å². The van der Waals surface area contributed by atoms with Crippen LogP contribution in [0, 0.1) is 35.4 Å². The molecule has 3 aliphatic rings. The summed E-state index contributed by atoms with van der Waals surface area (Å²) in [5, 5.41) is 3.07. The van der Waals surface area contributed by atoms with Crippen molar-refractivity contribution in [3.05, 3.63) is 60.2 Å². The molecule has 1 aromatic heterocycles. The van der Waals surface area contributed by atoms with Crippen molar-refractivity contribution in [3.63, 3.8) is 0 Å². The van der Waals surface area contributed by atoms with Crippen molar-refractivity contribution in [1.29, 1.82) is 0 Å². The SMILES string of the molecule is CCOC(=O)N[C@@H]1CCC[C@H]2[C@H](C=Cc3ccc(-c4cccc(F)c4)cn3)[C@@H]3[C@@H](C)OC(=O)[C@@H]3C[C@@H]21. The minimum Gasteiger partial charge on any atom is -0.462 e. The van der Waals surface area contributed by atoms with Gasteiger partial charge in [0.15, 0.2) is 0 Å². The van der Waals surface area contributed by atoms with E-state index in [4.69, 9.17) is 9.47 Å². The number of nitrogens with one attached hydrogen (secondary N) is 1. The summed E-state index contributed by atoms with van der Waals surface area (Å²) < 4.78 is 24.4. The number of carbonyl (C=O) groups excluding carboxylic acids is 2. The molecule has 2 aliphatic carbocycles. The van der Waals surface area contributed by atoms with Gasteiger partial charge in [-0.15, -0.1) is 0 Å². The van der Waals surface area contributed by atoms with E-state index >= 15 is 0 Å². The maximum Gasteiger partial charge on any atom is 0.407 e. The first-order valence-corrected chi connectivity index (χ1v) is 13.0. The van der Waals surface area contributed by atoms with Crippen LogP contribution < -0.4 is 5.32 Å². The lowest BCUT2D eigenvalue weighted by molar-refractivity contribution is -0.144. The molecule has 6 nitrogen and oxygen atoms in total. The summed E-state index contributed by atoms with van der Waals surface area (Å²) >= 11 is 0. The van der Waals surface area contributed by atoms with Crippen LogP contribution in [0.15, 0.2) is 48.7 Å². The number of allylic oxidation sites excluding steroid dienone is 1. The number of fused-ring (bicyclic) bond motifs is 2. The van der Waals surface area contributed by atoms with Gasteiger partial charge in [0.05, 0.1) is 18.2 Å². The highest BCUT2D eigenvalue weighted by molar-refractivity contribution is 5.76. The number of esters is 1. The third-order valence-corrected chi connectivity index (χ3v) is 8.21. The number of cyclic esters (lactones) is 1. The van der Waals surface area contributed by atoms with Crippen LogP contribution in [0.2, 0.25) is 0 Å². The number of hydrogen-bond donors (Lipinski definition) is 1. The summed E-state index contributed by atoms with van der Waals surface area (Å²) in [4.78, 5) is 29.5. The fraction of sp³-hybridized carbons (Fsp3) is 0.483. The van der Waals surface area contributed by atoms with Gasteiger partial charge in [-0.25, -0.2) is 9.18 Å². The molecule has 1 saturated heterocycles. The van der Waals surface area contributed by atoms with Gasteiger partial charge in [0.2, 0.25) is 0 Å². The lowest BCUT2D eigenvalue weighted by Crippen LogP contribution is -2.52. The van der Waals surface area contributed by atoms with E-state index in [1.54, 1.807) is 19.2 Å². The Labute approximate surface area is 211 Å². The molecule has 2 saturated carbocycles. The average molecular weight is 493 g/mol. The minimum absolute atomic E-state index is 0.00738. The predicted octanol–water partition coefficient (Wildman–Crippen LogP) is 5.63. The van der Waals surface area contributed by atoms with Crippen molar-refractivity contribution in [2.75, 3.05) is 6.61 Å². The highest BCUT2D eigenvalue weighted by Gasteiger charge is 2.55. The maximum absolute atomic E-state index is 13.6. The molecule has 36 heavy (non-hydrogen) atoms. The van der Waals surface area contributed by atoms with E-state index in [1.165, 1.54) is 12.1 Å². The largest absolute Gasteiger partial charge is 0.462 e. The van der Waals surface area contributed by atoms with Crippen LogP contribution in [0.5, 0.6) is 0 Å². The number of benzene rings is 1. The summed E-state index contributed by atoms with van der Waals surface area (Å²) in [5.74, 6) is 0.233. The number of hydrogen-bond acceptors (Lipinski definition) is 5. The van der Waals surface area contributed by atoms with Gasteiger partial charge < -0.3 is 14.8 Å². The molecule has 3 fully saturated rings. The zero-order chi connectivity index (χ0) is 25.2. The second-order valence-electron chi connectivity index (χ2n) is 10.2. The standard InChI is InChI=1S/C29H33FN2O4/c1-3-35-29(34)32-26-9-5-8-22-23(27-17(2)36-28(33)25(27)15-24(22)26)13-12-21-11-10-19(16-31-21)18-6-4-7-20(30)14-18/h4,6-7,10-14,16-17,22-27H,3,5,8-9,15H2,1-2H3,(H,32,34)/t17-,22+,23+,24+,25-,26-,27+/m1/s1. The van der Waals surface area contributed by atoms with E-state index in [2.05, 4.69) is 16.4 Å². The number of alkyl carbamates (subject to hydrolysis) is 1. The molecule has 7 atom stereocenters. The molecular formula is C29H33FN2O4. The Kier molecular flexibility index (Phi) is 7.08. The molecule has 190 valence electrons. The highest BCUT2D eigenvalue weighted by Crippen LogP contribution is 2.53. The van der Waals surface area contributed by atoms with Crippen LogP contribution in [0.1, 0.15) is 45.2 Å². The quantitative estimate of drug-likeness (QED) is 0.548. The van der Waals surface area contributed by atoms with Gasteiger partial charge in [-0.1, -0.05) is 30.7 Å². The lowest BCUT2D eigenvalue weighted by Gasteiger charge is -2.49. The van der Waals surface area contributed by atoms with E-state index in [9.17, 15) is 14.0 Å². The van der Waals surface area contributed by atoms with Crippen LogP contribution >= 0.6 is 0 Å². The van der Waals surface area contributed by atoms with Crippen molar-refractivity contribution in [1.82, 2.24) is 10.3 Å². The van der Waals surface area contributed by atoms with Crippen molar-refractivity contribution < 1.29 is 23.5 Å². The number of halogens is 1. The Morgan fingerprint density at radius 3 is 2.83 bits per heavy atom. The molecule has 0 unspecified atom stereocenters. The fourth-order valence-electron chi connectivity index (χ4n) is 6.69. The summed E-state index contributed by atoms with van der Waals surface area (Å²) in [6.07, 6.45) is 9.15. The number of nitrogens with zero attached hydrogens (tertiary/aromatic N) is 1. The summed E-state index contributed by atoms with van der Waals surface area (Å²) in [6.45, 7) is 4.12. The summed E-state index contributed by atoms with van der Waals surface area (Å²) in [6, 6.07) is 10.3. The monoisotopic (exact) mass is 492 g/mol. The van der Waals surface area contributed by atoms with Gasteiger partial charge in [0.1, 0.15) is 11.9 Å². The Morgan fingerprint density at radius 2 is 2.08 bits per heavy atom. The van der Waals surface area contributed by atoms with Crippen molar-refractivity contribution in [2.24, 2.45) is 29.6 Å². The second kappa shape index (κ2) is 10.4. The number of amides is 1. The molecular weight excluding hydrogens is 459 g/mol. The lowest BCUT2D eigenvalue weighted by atomic mass is 9.56. The molecule has 1 N–H and O–H groups in total. The number of ether oxygens (including phenoxy) is 2. The first kappa shape index (κ1) is 24.5. The average Bonchev–Trinajstić information content (AvgIpc) is 3.15. The van der Waals surface area contributed by atoms with Crippen LogP contribution in [-0.2, 0) is 14.3 Å². The van der Waals surface area contributed by atoms with Crippen molar-refractivity contribution >= 4 is 18.1 Å². The van der Waals surface area contributed by atoms with Gasteiger partial charge >= 0.3 is 12.1 Å². The van der Waals surface area contributed by atoms with Gasteiger partial charge in [0, 0.05) is 23.7 Å². The van der Waals surface area contributed by atoms with E-state index in [1.807, 2.05) is 31.2 Å². The third-order valence-electron chi connectivity index (χ3n) is 8.21. The van der Waals surface area contributed by atoms with Crippen LogP contribution in [0.4, 0.5) is 9.18 Å². The number of carbonyl (C=O) groups is 2. The number of pyridine rings is 1. The molecule has 0 spiro atoms. The molecule has 0 radical (unpaired) electrons. The zero-order valence-electron chi connectivity index (χ0n) is 20.7. The molecule has 1 aromatic carbocycles. The van der Waals surface area contributed by atoms with Gasteiger partial charge in [-0.2, -0.15) is 0 Å². The smallest absolute Gasteiger partial charge is 0.407 e. The summed E-state index contributed by atoms with van der Waals surface area (Å²) in [7, 11) is 0. The molecule has 2 aromatic rings. The Balaban J connectivity index is 1.39. The minimum atomic E-state index is -0.387. The molecule has 7 heteroatoms. The van der Waals surface area contributed by atoms with Crippen LogP contribution in [0.3, 0.4) is 0 Å².